The number of β-lactam (4-membered cyclic amide) rings is 1. The predicted molar refractivity (Wildman–Crippen MR) is 97.6 cm³/mol. The second-order valence-electron chi connectivity index (χ2n) is 7.89. The fourth-order valence-electron chi connectivity index (χ4n) is 4.45. The zero-order chi connectivity index (χ0) is 19.9. The maximum Gasteiger partial charge on any atom is 0.330 e. The van der Waals surface area contributed by atoms with Crippen LogP contribution in [0.15, 0.2) is 12.4 Å². The van der Waals surface area contributed by atoms with Gasteiger partial charge in [0.2, 0.25) is 5.91 Å². The molecule has 4 rings (SSSR count). The van der Waals surface area contributed by atoms with Gasteiger partial charge in [0.15, 0.2) is 15.9 Å². The number of hydrogen-bond donors (Lipinski definition) is 0. The highest BCUT2D eigenvalue weighted by Crippen LogP contribution is 2.47. The number of piperidine rings is 1. The SMILES string of the molecule is C[C@@]1(Cn2ccnn2)[C@@H](C(=O)OCCN2CCCCC2)N2C(=O)C[C@@H]2S1(=O)=O. The summed E-state index contributed by atoms with van der Waals surface area (Å²) in [5, 5.41) is 6.57. The number of fused-ring (bicyclic) bond motifs is 1. The van der Waals surface area contributed by atoms with Crippen LogP contribution in [0.3, 0.4) is 0 Å². The molecule has 0 bridgehead atoms. The quantitative estimate of drug-likeness (QED) is 0.451. The molecule has 11 heteroatoms. The number of amides is 1. The molecule has 3 atom stereocenters. The Morgan fingerprint density at radius 1 is 1.32 bits per heavy atom. The molecule has 1 aromatic rings. The maximum atomic E-state index is 13.1. The van der Waals surface area contributed by atoms with Gasteiger partial charge in [0.1, 0.15) is 16.7 Å². The second-order valence-corrected chi connectivity index (χ2v) is 10.5. The van der Waals surface area contributed by atoms with Gasteiger partial charge in [-0.25, -0.2) is 13.2 Å². The molecule has 3 fully saturated rings. The van der Waals surface area contributed by atoms with Crippen LogP contribution in [-0.4, -0.2) is 87.5 Å². The summed E-state index contributed by atoms with van der Waals surface area (Å²) >= 11 is 0. The van der Waals surface area contributed by atoms with E-state index in [1.807, 2.05) is 0 Å². The lowest BCUT2D eigenvalue weighted by Crippen LogP contribution is -2.58. The third-order valence-electron chi connectivity index (χ3n) is 6.08. The molecule has 0 spiro atoms. The second kappa shape index (κ2) is 7.11. The molecule has 0 saturated carbocycles. The Bertz CT molecular complexity index is 851. The summed E-state index contributed by atoms with van der Waals surface area (Å²) < 4.78 is 31.5. The molecule has 0 aliphatic carbocycles. The minimum Gasteiger partial charge on any atom is -0.463 e. The number of aromatic nitrogens is 3. The fourth-order valence-corrected chi connectivity index (χ4v) is 6.80. The highest BCUT2D eigenvalue weighted by molar-refractivity contribution is 7.93. The fraction of sp³-hybridized carbons (Fsp3) is 0.765. The lowest BCUT2D eigenvalue weighted by molar-refractivity contribution is -0.162. The van der Waals surface area contributed by atoms with E-state index in [4.69, 9.17) is 4.74 Å². The first-order valence-electron chi connectivity index (χ1n) is 9.62. The van der Waals surface area contributed by atoms with E-state index in [1.165, 1.54) is 35.3 Å². The summed E-state index contributed by atoms with van der Waals surface area (Å²) in [6.07, 6.45) is 6.37. The van der Waals surface area contributed by atoms with Gasteiger partial charge in [-0.2, -0.15) is 0 Å². The zero-order valence-electron chi connectivity index (χ0n) is 15.9. The van der Waals surface area contributed by atoms with Crippen LogP contribution < -0.4 is 0 Å². The number of ether oxygens (including phenoxy) is 1. The van der Waals surface area contributed by atoms with Crippen LogP contribution >= 0.6 is 0 Å². The number of carbonyl (C=O) groups excluding carboxylic acids is 2. The van der Waals surface area contributed by atoms with Crippen LogP contribution in [0.4, 0.5) is 0 Å². The minimum atomic E-state index is -3.77. The number of hydrogen-bond acceptors (Lipinski definition) is 8. The molecular weight excluding hydrogens is 386 g/mol. The summed E-state index contributed by atoms with van der Waals surface area (Å²) in [6.45, 7) is 4.18. The van der Waals surface area contributed by atoms with Crippen molar-refractivity contribution in [2.75, 3.05) is 26.2 Å². The average Bonchev–Trinajstić information content (AvgIpc) is 3.20. The van der Waals surface area contributed by atoms with Gasteiger partial charge in [0, 0.05) is 12.7 Å². The molecule has 0 unspecified atom stereocenters. The number of carbonyl (C=O) groups is 2. The van der Waals surface area contributed by atoms with Crippen molar-refractivity contribution in [1.29, 1.82) is 0 Å². The summed E-state index contributed by atoms with van der Waals surface area (Å²) in [5.74, 6) is -1.01. The number of rotatable bonds is 6. The molecule has 1 amide bonds. The Balaban J connectivity index is 1.51. The number of likely N-dealkylation sites (tertiary alicyclic amines) is 1. The first-order valence-corrected chi connectivity index (χ1v) is 11.2. The monoisotopic (exact) mass is 411 g/mol. The summed E-state index contributed by atoms with van der Waals surface area (Å²) in [7, 11) is -3.77. The summed E-state index contributed by atoms with van der Waals surface area (Å²) in [6, 6.07) is -1.17. The Hall–Kier alpha value is -2.01. The molecule has 0 N–H and O–H groups in total. The zero-order valence-corrected chi connectivity index (χ0v) is 16.7. The molecule has 0 radical (unpaired) electrons. The van der Waals surface area contributed by atoms with Crippen LogP contribution in [0.1, 0.15) is 32.6 Å². The number of esters is 1. The Kier molecular flexibility index (Phi) is 4.90. The van der Waals surface area contributed by atoms with E-state index in [-0.39, 0.29) is 25.5 Å². The van der Waals surface area contributed by atoms with Crippen molar-refractivity contribution in [2.24, 2.45) is 0 Å². The third kappa shape index (κ3) is 3.00. The van der Waals surface area contributed by atoms with Gasteiger partial charge >= 0.3 is 5.97 Å². The van der Waals surface area contributed by atoms with Crippen molar-refractivity contribution in [3.05, 3.63) is 12.4 Å². The van der Waals surface area contributed by atoms with Gasteiger partial charge < -0.3 is 9.64 Å². The smallest absolute Gasteiger partial charge is 0.330 e. The van der Waals surface area contributed by atoms with Crippen LogP contribution in [0.2, 0.25) is 0 Å². The van der Waals surface area contributed by atoms with E-state index in [9.17, 15) is 18.0 Å². The highest BCUT2D eigenvalue weighted by atomic mass is 32.2. The first-order chi connectivity index (χ1) is 13.3. The van der Waals surface area contributed by atoms with E-state index < -0.39 is 32.0 Å². The standard InChI is InChI=1S/C17H25N5O5S/c1-17(12-21-8-5-18-19-21)15(22-13(23)11-14(22)28(17,25)26)16(24)27-10-9-20-6-3-2-4-7-20/h5,8,14-15H,2-4,6-7,9-12H2,1H3/t14-,15+,17+/m0/s1. The third-order valence-corrected chi connectivity index (χ3v) is 8.85. The molecular formula is C17H25N5O5S. The van der Waals surface area contributed by atoms with Gasteiger partial charge in [-0.15, -0.1) is 5.10 Å². The van der Waals surface area contributed by atoms with Crippen LogP contribution in [-0.2, 0) is 30.7 Å². The minimum absolute atomic E-state index is 0.0680. The van der Waals surface area contributed by atoms with Crippen molar-refractivity contribution in [3.63, 3.8) is 0 Å². The molecule has 28 heavy (non-hydrogen) atoms. The first kappa shape index (κ1) is 19.3. The predicted octanol–water partition coefficient (Wildman–Crippen LogP) is -0.579. The number of sulfone groups is 1. The van der Waals surface area contributed by atoms with E-state index in [0.717, 1.165) is 25.9 Å². The van der Waals surface area contributed by atoms with Crippen molar-refractivity contribution in [2.45, 2.75) is 55.3 Å². The van der Waals surface area contributed by atoms with Gasteiger partial charge in [-0.3, -0.25) is 14.4 Å². The molecule has 3 aliphatic heterocycles. The molecule has 3 saturated heterocycles. The summed E-state index contributed by atoms with van der Waals surface area (Å²) in [4.78, 5) is 28.5. The van der Waals surface area contributed by atoms with Gasteiger partial charge in [0.05, 0.1) is 19.2 Å². The Labute approximate surface area is 163 Å². The molecule has 4 heterocycles. The number of nitrogens with zero attached hydrogens (tertiary/aromatic N) is 5. The molecule has 10 nitrogen and oxygen atoms in total. The van der Waals surface area contributed by atoms with Crippen LogP contribution in [0.25, 0.3) is 0 Å². The lowest BCUT2D eigenvalue weighted by atomic mass is 9.96. The molecule has 3 aliphatic rings. The average molecular weight is 411 g/mol. The van der Waals surface area contributed by atoms with E-state index in [1.54, 1.807) is 0 Å². The molecule has 0 aromatic carbocycles. The Morgan fingerprint density at radius 2 is 2.07 bits per heavy atom. The summed E-state index contributed by atoms with van der Waals surface area (Å²) in [5.41, 5.74) is 0. The lowest BCUT2D eigenvalue weighted by Gasteiger charge is -2.36. The molecule has 154 valence electrons. The van der Waals surface area contributed by atoms with E-state index in [2.05, 4.69) is 15.2 Å². The van der Waals surface area contributed by atoms with E-state index in [0.29, 0.717) is 6.54 Å². The van der Waals surface area contributed by atoms with Crippen molar-refractivity contribution < 1.29 is 22.7 Å². The van der Waals surface area contributed by atoms with Gasteiger partial charge in [-0.05, 0) is 32.9 Å². The topological polar surface area (TPSA) is 115 Å². The van der Waals surface area contributed by atoms with E-state index >= 15 is 0 Å². The van der Waals surface area contributed by atoms with Crippen molar-refractivity contribution >= 4 is 21.7 Å². The highest BCUT2D eigenvalue weighted by Gasteiger charge is 2.70. The van der Waals surface area contributed by atoms with Crippen LogP contribution in [0.5, 0.6) is 0 Å². The molecule has 1 aromatic heterocycles. The largest absolute Gasteiger partial charge is 0.463 e. The van der Waals surface area contributed by atoms with Gasteiger partial charge in [0.25, 0.3) is 0 Å². The maximum absolute atomic E-state index is 13.1. The Morgan fingerprint density at radius 3 is 2.71 bits per heavy atom. The van der Waals surface area contributed by atoms with Crippen LogP contribution in [0, 0.1) is 0 Å². The van der Waals surface area contributed by atoms with Crippen molar-refractivity contribution in [1.82, 2.24) is 24.8 Å². The van der Waals surface area contributed by atoms with Crippen molar-refractivity contribution in [3.8, 4) is 0 Å². The normalized spacial score (nSPS) is 32.0. The van der Waals surface area contributed by atoms with Gasteiger partial charge in [-0.1, -0.05) is 11.6 Å².